The van der Waals surface area contributed by atoms with Crippen LogP contribution in [0.5, 0.6) is 0 Å². The van der Waals surface area contributed by atoms with E-state index in [4.69, 9.17) is 9.15 Å². The molecule has 1 aromatic heterocycles. The van der Waals surface area contributed by atoms with Crippen LogP contribution in [0.4, 0.5) is 0 Å². The molecule has 1 aromatic carbocycles. The number of ether oxygens (including phenoxy) is 1. The maximum atomic E-state index is 5.63. The summed E-state index contributed by atoms with van der Waals surface area (Å²) < 4.78 is 11.2. The van der Waals surface area contributed by atoms with E-state index in [0.29, 0.717) is 6.61 Å². The minimum absolute atomic E-state index is 0.686. The van der Waals surface area contributed by atoms with E-state index in [2.05, 4.69) is 36.5 Å². The van der Waals surface area contributed by atoms with E-state index in [1.165, 1.54) is 11.1 Å². The fraction of sp³-hybridized carbons (Fsp3) is 0.412. The van der Waals surface area contributed by atoms with Gasteiger partial charge in [0, 0.05) is 13.2 Å². The molecule has 3 heteroatoms. The van der Waals surface area contributed by atoms with E-state index in [9.17, 15) is 0 Å². The van der Waals surface area contributed by atoms with E-state index < -0.39 is 0 Å². The summed E-state index contributed by atoms with van der Waals surface area (Å²) in [5.74, 6) is 1.93. The van der Waals surface area contributed by atoms with Crippen LogP contribution in [0, 0.1) is 6.92 Å². The van der Waals surface area contributed by atoms with Gasteiger partial charge in [0.25, 0.3) is 0 Å². The summed E-state index contributed by atoms with van der Waals surface area (Å²) >= 11 is 0. The summed E-state index contributed by atoms with van der Waals surface area (Å²) in [6.07, 6.45) is 1.05. The van der Waals surface area contributed by atoms with Crippen molar-refractivity contribution in [2.75, 3.05) is 6.61 Å². The van der Waals surface area contributed by atoms with Gasteiger partial charge in [0.15, 0.2) is 0 Å². The molecule has 0 saturated carbocycles. The molecule has 0 amide bonds. The highest BCUT2D eigenvalue weighted by Gasteiger charge is 2.03. The van der Waals surface area contributed by atoms with Gasteiger partial charge in [-0.3, -0.25) is 0 Å². The van der Waals surface area contributed by atoms with Crippen molar-refractivity contribution in [3.05, 3.63) is 59.0 Å². The first kappa shape index (κ1) is 14.8. The minimum Gasteiger partial charge on any atom is -0.465 e. The van der Waals surface area contributed by atoms with Gasteiger partial charge in [-0.1, -0.05) is 31.2 Å². The first-order valence-electron chi connectivity index (χ1n) is 7.20. The van der Waals surface area contributed by atoms with Crippen LogP contribution in [0.3, 0.4) is 0 Å². The molecule has 0 aliphatic carbocycles. The first-order chi connectivity index (χ1) is 9.79. The van der Waals surface area contributed by atoms with Crippen molar-refractivity contribution < 1.29 is 9.15 Å². The number of hydrogen-bond acceptors (Lipinski definition) is 3. The zero-order valence-corrected chi connectivity index (χ0v) is 12.3. The van der Waals surface area contributed by atoms with Crippen molar-refractivity contribution in [1.82, 2.24) is 5.32 Å². The first-order valence-corrected chi connectivity index (χ1v) is 7.20. The van der Waals surface area contributed by atoms with E-state index in [1.54, 1.807) is 0 Å². The van der Waals surface area contributed by atoms with Crippen LogP contribution in [0.2, 0.25) is 0 Å². The Morgan fingerprint density at radius 2 is 1.85 bits per heavy atom. The molecule has 0 fully saturated rings. The molecule has 1 heterocycles. The van der Waals surface area contributed by atoms with Gasteiger partial charge in [0.1, 0.15) is 11.5 Å². The van der Waals surface area contributed by atoms with E-state index in [1.807, 2.05) is 19.1 Å². The molecule has 0 atom stereocenters. The molecular formula is C17H23NO2. The molecule has 3 nitrogen and oxygen atoms in total. The average molecular weight is 273 g/mol. The highest BCUT2D eigenvalue weighted by atomic mass is 16.5. The Kier molecular flexibility index (Phi) is 5.84. The highest BCUT2D eigenvalue weighted by molar-refractivity contribution is 5.26. The number of nitrogens with one attached hydrogen (secondary N) is 1. The molecule has 0 spiro atoms. The largest absolute Gasteiger partial charge is 0.465 e. The lowest BCUT2D eigenvalue weighted by Crippen LogP contribution is -2.14. The topological polar surface area (TPSA) is 34.4 Å². The Morgan fingerprint density at radius 3 is 2.55 bits per heavy atom. The van der Waals surface area contributed by atoms with Crippen LogP contribution in [0.1, 0.15) is 36.0 Å². The van der Waals surface area contributed by atoms with Gasteiger partial charge in [-0.15, -0.1) is 0 Å². The lowest BCUT2D eigenvalue weighted by Gasteiger charge is -2.10. The number of hydrogen-bond donors (Lipinski definition) is 1. The number of benzene rings is 1. The van der Waals surface area contributed by atoms with Gasteiger partial charge in [-0.05, 0) is 36.6 Å². The standard InChI is InChI=1S/C17H23NO2/c1-3-10-19-13-16-7-5-4-6-15(16)11-18-12-17-9-8-14(2)20-17/h4-9,18H,3,10-13H2,1-2H3. The Hall–Kier alpha value is -1.58. The van der Waals surface area contributed by atoms with Gasteiger partial charge in [-0.2, -0.15) is 0 Å². The Labute approximate surface area is 121 Å². The summed E-state index contributed by atoms with van der Waals surface area (Å²) in [6.45, 7) is 7.16. The van der Waals surface area contributed by atoms with E-state index in [0.717, 1.165) is 37.6 Å². The monoisotopic (exact) mass is 273 g/mol. The Morgan fingerprint density at radius 1 is 1.05 bits per heavy atom. The van der Waals surface area contributed by atoms with Crippen LogP contribution in [-0.2, 0) is 24.4 Å². The lowest BCUT2D eigenvalue weighted by atomic mass is 10.1. The van der Waals surface area contributed by atoms with Crippen LogP contribution >= 0.6 is 0 Å². The maximum Gasteiger partial charge on any atom is 0.117 e. The molecule has 0 aliphatic heterocycles. The van der Waals surface area contributed by atoms with Crippen molar-refractivity contribution in [2.24, 2.45) is 0 Å². The fourth-order valence-electron chi connectivity index (χ4n) is 2.10. The van der Waals surface area contributed by atoms with Crippen molar-refractivity contribution in [3.63, 3.8) is 0 Å². The van der Waals surface area contributed by atoms with Crippen molar-refractivity contribution in [2.45, 2.75) is 40.0 Å². The molecule has 0 unspecified atom stereocenters. The molecular weight excluding hydrogens is 250 g/mol. The zero-order chi connectivity index (χ0) is 14.2. The minimum atomic E-state index is 0.686. The summed E-state index contributed by atoms with van der Waals surface area (Å²) in [4.78, 5) is 0. The third-order valence-corrected chi connectivity index (χ3v) is 3.14. The van der Waals surface area contributed by atoms with Gasteiger partial charge in [0.05, 0.1) is 13.2 Å². The molecule has 2 rings (SSSR count). The second-order valence-electron chi connectivity index (χ2n) is 4.94. The second kappa shape index (κ2) is 7.88. The summed E-state index contributed by atoms with van der Waals surface area (Å²) in [5, 5.41) is 3.41. The number of rotatable bonds is 8. The molecule has 2 aromatic rings. The van der Waals surface area contributed by atoms with Gasteiger partial charge >= 0.3 is 0 Å². The van der Waals surface area contributed by atoms with Crippen molar-refractivity contribution >= 4 is 0 Å². The van der Waals surface area contributed by atoms with Crippen LogP contribution in [-0.4, -0.2) is 6.61 Å². The normalized spacial score (nSPS) is 10.9. The summed E-state index contributed by atoms with van der Waals surface area (Å²) in [6, 6.07) is 12.4. The molecule has 1 N–H and O–H groups in total. The quantitative estimate of drug-likeness (QED) is 0.743. The average Bonchev–Trinajstić information content (AvgIpc) is 2.86. The molecule has 108 valence electrons. The van der Waals surface area contributed by atoms with Crippen LogP contribution in [0.15, 0.2) is 40.8 Å². The van der Waals surface area contributed by atoms with Crippen molar-refractivity contribution in [3.8, 4) is 0 Å². The molecule has 0 bridgehead atoms. The van der Waals surface area contributed by atoms with Crippen LogP contribution < -0.4 is 5.32 Å². The van der Waals surface area contributed by atoms with Gasteiger partial charge < -0.3 is 14.5 Å². The predicted octanol–water partition coefficient (Wildman–Crippen LogP) is 3.80. The fourth-order valence-corrected chi connectivity index (χ4v) is 2.10. The van der Waals surface area contributed by atoms with Gasteiger partial charge in [-0.25, -0.2) is 0 Å². The Balaban J connectivity index is 1.85. The SMILES string of the molecule is CCCOCc1ccccc1CNCc1ccc(C)o1. The highest BCUT2D eigenvalue weighted by Crippen LogP contribution is 2.11. The summed E-state index contributed by atoms with van der Waals surface area (Å²) in [5.41, 5.74) is 2.54. The molecule has 0 radical (unpaired) electrons. The van der Waals surface area contributed by atoms with Crippen molar-refractivity contribution in [1.29, 1.82) is 0 Å². The van der Waals surface area contributed by atoms with E-state index in [-0.39, 0.29) is 0 Å². The predicted molar refractivity (Wildman–Crippen MR) is 80.4 cm³/mol. The van der Waals surface area contributed by atoms with E-state index >= 15 is 0 Å². The van der Waals surface area contributed by atoms with Gasteiger partial charge in [0.2, 0.25) is 0 Å². The second-order valence-corrected chi connectivity index (χ2v) is 4.94. The third-order valence-electron chi connectivity index (χ3n) is 3.14. The Bertz CT molecular complexity index is 519. The number of furan rings is 1. The third kappa shape index (κ3) is 4.51. The lowest BCUT2D eigenvalue weighted by molar-refractivity contribution is 0.121. The number of aryl methyl sites for hydroxylation is 1. The molecule has 0 saturated heterocycles. The summed E-state index contributed by atoms with van der Waals surface area (Å²) in [7, 11) is 0. The molecule has 20 heavy (non-hydrogen) atoms. The smallest absolute Gasteiger partial charge is 0.117 e. The maximum absolute atomic E-state index is 5.63. The molecule has 0 aliphatic rings. The zero-order valence-electron chi connectivity index (χ0n) is 12.3. The van der Waals surface area contributed by atoms with Crippen LogP contribution in [0.25, 0.3) is 0 Å².